The number of hydrogen-bond acceptors (Lipinski definition) is 5. The molecule has 0 unspecified atom stereocenters. The van der Waals surface area contributed by atoms with Crippen LogP contribution in [-0.4, -0.2) is 25.2 Å². The van der Waals surface area contributed by atoms with Gasteiger partial charge in [-0.2, -0.15) is 5.10 Å². The smallest absolute Gasteiger partial charge is 0.336 e. The molecule has 0 aliphatic heterocycles. The molecule has 0 atom stereocenters. The largest absolute Gasteiger partial charge is 0.497 e. The van der Waals surface area contributed by atoms with Crippen LogP contribution in [-0.2, 0) is 4.79 Å². The summed E-state index contributed by atoms with van der Waals surface area (Å²) in [5.41, 5.74) is 4.08. The average Bonchev–Trinajstić information content (AvgIpc) is 2.78. The monoisotopic (exact) mass is 418 g/mol. The van der Waals surface area contributed by atoms with Crippen LogP contribution >= 0.6 is 0 Å². The summed E-state index contributed by atoms with van der Waals surface area (Å²) in [5, 5.41) is 3.87. The lowest BCUT2D eigenvalue weighted by Crippen LogP contribution is -2.17. The molecular weight excluding hydrogens is 399 g/mol. The summed E-state index contributed by atoms with van der Waals surface area (Å²) in [7, 11) is 1.58. The summed E-state index contributed by atoms with van der Waals surface area (Å²) in [4.78, 5) is 24.0. The fraction of sp³-hybridized carbons (Fsp3) is 0.0417. The lowest BCUT2D eigenvalue weighted by Gasteiger charge is -2.03. The number of methoxy groups -OCH3 is 1. The SMILES string of the molecule is COc1ccc(/C=C\C(=O)Oc2cccc(/C=N\NC(=O)c3ccc(F)cc3)c2)cc1. The Labute approximate surface area is 178 Å². The number of hydrazone groups is 1. The predicted molar refractivity (Wildman–Crippen MR) is 116 cm³/mol. The van der Waals surface area contributed by atoms with Crippen LogP contribution < -0.4 is 14.9 Å². The second-order valence-electron chi connectivity index (χ2n) is 6.31. The van der Waals surface area contributed by atoms with E-state index in [9.17, 15) is 14.0 Å². The molecule has 7 heteroatoms. The van der Waals surface area contributed by atoms with Gasteiger partial charge in [-0.15, -0.1) is 0 Å². The molecule has 0 fully saturated rings. The highest BCUT2D eigenvalue weighted by Crippen LogP contribution is 2.14. The van der Waals surface area contributed by atoms with E-state index in [0.717, 1.165) is 11.3 Å². The molecule has 0 spiro atoms. The molecule has 6 nitrogen and oxygen atoms in total. The molecule has 3 aromatic carbocycles. The Balaban J connectivity index is 1.55. The van der Waals surface area contributed by atoms with E-state index in [0.29, 0.717) is 11.3 Å². The van der Waals surface area contributed by atoms with Crippen LogP contribution in [0.3, 0.4) is 0 Å². The first-order valence-corrected chi connectivity index (χ1v) is 9.26. The van der Waals surface area contributed by atoms with Gasteiger partial charge in [0.05, 0.1) is 13.3 Å². The lowest BCUT2D eigenvalue weighted by molar-refractivity contribution is -0.128. The van der Waals surface area contributed by atoms with E-state index < -0.39 is 17.7 Å². The number of rotatable bonds is 7. The van der Waals surface area contributed by atoms with Crippen molar-refractivity contribution in [1.82, 2.24) is 5.43 Å². The summed E-state index contributed by atoms with van der Waals surface area (Å²) in [6, 6.07) is 19.0. The zero-order valence-corrected chi connectivity index (χ0v) is 16.6. The maximum atomic E-state index is 12.9. The minimum Gasteiger partial charge on any atom is -0.497 e. The van der Waals surface area contributed by atoms with E-state index in [1.165, 1.54) is 36.6 Å². The van der Waals surface area contributed by atoms with Gasteiger partial charge in [-0.3, -0.25) is 4.79 Å². The van der Waals surface area contributed by atoms with E-state index in [-0.39, 0.29) is 5.56 Å². The van der Waals surface area contributed by atoms with E-state index in [4.69, 9.17) is 9.47 Å². The van der Waals surface area contributed by atoms with Crippen LogP contribution in [0.25, 0.3) is 6.08 Å². The molecule has 0 bridgehead atoms. The Morgan fingerprint density at radius 1 is 0.935 bits per heavy atom. The first kappa shape index (κ1) is 21.4. The number of carbonyl (C=O) groups is 2. The number of nitrogens with zero attached hydrogens (tertiary/aromatic N) is 1. The Morgan fingerprint density at radius 3 is 2.39 bits per heavy atom. The van der Waals surface area contributed by atoms with Crippen LogP contribution in [0.1, 0.15) is 21.5 Å². The third-order valence-electron chi connectivity index (χ3n) is 4.09. The molecule has 31 heavy (non-hydrogen) atoms. The van der Waals surface area contributed by atoms with Crippen LogP contribution in [0.5, 0.6) is 11.5 Å². The Hall–Kier alpha value is -4.26. The quantitative estimate of drug-likeness (QED) is 0.205. The normalized spacial score (nSPS) is 10.9. The van der Waals surface area contributed by atoms with Crippen molar-refractivity contribution in [2.45, 2.75) is 0 Å². The van der Waals surface area contributed by atoms with Gasteiger partial charge in [-0.25, -0.2) is 14.6 Å². The molecular formula is C24H19FN2O4. The average molecular weight is 418 g/mol. The van der Waals surface area contributed by atoms with Crippen molar-refractivity contribution in [2.24, 2.45) is 5.10 Å². The molecule has 3 aromatic rings. The number of amides is 1. The Bertz CT molecular complexity index is 1110. The molecule has 0 radical (unpaired) electrons. The minimum absolute atomic E-state index is 0.282. The molecule has 3 rings (SSSR count). The van der Waals surface area contributed by atoms with Crippen LogP contribution in [0.15, 0.2) is 84.0 Å². The number of ether oxygens (including phenoxy) is 2. The zero-order chi connectivity index (χ0) is 22.1. The maximum absolute atomic E-state index is 12.9. The fourth-order valence-corrected chi connectivity index (χ4v) is 2.52. The summed E-state index contributed by atoms with van der Waals surface area (Å²) >= 11 is 0. The number of halogens is 1. The zero-order valence-electron chi connectivity index (χ0n) is 16.6. The third kappa shape index (κ3) is 6.64. The molecule has 0 aliphatic carbocycles. The van der Waals surface area contributed by atoms with Crippen LogP contribution in [0.4, 0.5) is 4.39 Å². The van der Waals surface area contributed by atoms with E-state index in [1.54, 1.807) is 49.6 Å². The van der Waals surface area contributed by atoms with Gasteiger partial charge in [0.15, 0.2) is 0 Å². The summed E-state index contributed by atoms with van der Waals surface area (Å²) in [6.45, 7) is 0. The van der Waals surface area contributed by atoms with Crippen LogP contribution in [0, 0.1) is 5.82 Å². The second kappa shape index (κ2) is 10.5. The predicted octanol–water partition coefficient (Wildman–Crippen LogP) is 4.22. The van der Waals surface area contributed by atoms with Gasteiger partial charge < -0.3 is 9.47 Å². The Morgan fingerprint density at radius 2 is 1.68 bits per heavy atom. The fourth-order valence-electron chi connectivity index (χ4n) is 2.52. The van der Waals surface area contributed by atoms with Gasteiger partial charge in [0, 0.05) is 11.6 Å². The first-order chi connectivity index (χ1) is 15.0. The Kier molecular flexibility index (Phi) is 7.26. The number of benzene rings is 3. The molecule has 0 aliphatic rings. The van der Waals surface area contributed by atoms with Crippen molar-refractivity contribution in [3.05, 3.63) is 101 Å². The summed E-state index contributed by atoms with van der Waals surface area (Å²) < 4.78 is 23.3. The van der Waals surface area contributed by atoms with E-state index in [1.807, 2.05) is 12.1 Å². The minimum atomic E-state index is -0.533. The lowest BCUT2D eigenvalue weighted by atomic mass is 10.2. The summed E-state index contributed by atoms with van der Waals surface area (Å²) in [5.74, 6) is -0.368. The summed E-state index contributed by atoms with van der Waals surface area (Å²) in [6.07, 6.45) is 4.37. The number of hydrogen-bond donors (Lipinski definition) is 1. The number of carbonyl (C=O) groups excluding carboxylic acids is 2. The second-order valence-corrected chi connectivity index (χ2v) is 6.31. The number of nitrogens with one attached hydrogen (secondary N) is 1. The highest BCUT2D eigenvalue weighted by Gasteiger charge is 2.04. The van der Waals surface area contributed by atoms with Gasteiger partial charge in [0.1, 0.15) is 17.3 Å². The van der Waals surface area contributed by atoms with Gasteiger partial charge in [0.2, 0.25) is 0 Å². The van der Waals surface area contributed by atoms with E-state index in [2.05, 4.69) is 10.5 Å². The van der Waals surface area contributed by atoms with Crippen molar-refractivity contribution in [2.75, 3.05) is 7.11 Å². The molecule has 0 heterocycles. The van der Waals surface area contributed by atoms with E-state index >= 15 is 0 Å². The molecule has 0 aromatic heterocycles. The topological polar surface area (TPSA) is 77.0 Å². The van der Waals surface area contributed by atoms with Gasteiger partial charge in [0.25, 0.3) is 5.91 Å². The maximum Gasteiger partial charge on any atom is 0.336 e. The molecule has 156 valence electrons. The van der Waals surface area contributed by atoms with Crippen molar-refractivity contribution in [3.63, 3.8) is 0 Å². The molecule has 0 saturated carbocycles. The van der Waals surface area contributed by atoms with Gasteiger partial charge in [-0.05, 0) is 65.7 Å². The standard InChI is InChI=1S/C24H19FN2O4/c1-30-21-12-5-17(6-13-21)7-14-23(28)31-22-4-2-3-18(15-22)16-26-27-24(29)19-8-10-20(25)11-9-19/h2-16H,1H3,(H,27,29)/b14-7-,26-16-. The molecule has 0 saturated heterocycles. The molecule has 1 N–H and O–H groups in total. The highest BCUT2D eigenvalue weighted by molar-refractivity contribution is 5.95. The van der Waals surface area contributed by atoms with Crippen LogP contribution in [0.2, 0.25) is 0 Å². The number of esters is 1. The highest BCUT2D eigenvalue weighted by atomic mass is 19.1. The van der Waals surface area contributed by atoms with Crippen molar-refractivity contribution in [3.8, 4) is 11.5 Å². The van der Waals surface area contributed by atoms with Gasteiger partial charge in [-0.1, -0.05) is 24.3 Å². The first-order valence-electron chi connectivity index (χ1n) is 9.26. The van der Waals surface area contributed by atoms with Crippen molar-refractivity contribution in [1.29, 1.82) is 0 Å². The molecule has 1 amide bonds. The van der Waals surface area contributed by atoms with Crippen molar-refractivity contribution < 1.29 is 23.5 Å². The van der Waals surface area contributed by atoms with Crippen molar-refractivity contribution >= 4 is 24.2 Å². The van der Waals surface area contributed by atoms with Gasteiger partial charge >= 0.3 is 5.97 Å². The third-order valence-corrected chi connectivity index (χ3v) is 4.09.